The largest absolute Gasteiger partial charge is 0.481 e. The smallest absolute Gasteiger partial charge is 0.306 e. The molecule has 0 atom stereocenters. The Kier molecular flexibility index (Phi) is 26.5. The Morgan fingerprint density at radius 1 is 1.00 bits per heavy atom. The number of carboxylic acid groups (broad SMARTS) is 1. The second-order valence-electron chi connectivity index (χ2n) is 11.7. The Labute approximate surface area is 224 Å². The van der Waals surface area contributed by atoms with E-state index in [4.69, 9.17) is 19.3 Å². The third-order valence-electron chi connectivity index (χ3n) is 5.50. The van der Waals surface area contributed by atoms with Gasteiger partial charge in [-0.1, -0.05) is 75.3 Å². The van der Waals surface area contributed by atoms with Gasteiger partial charge in [0.2, 0.25) is 0 Å². The first-order valence-corrected chi connectivity index (χ1v) is 14.0. The second-order valence-corrected chi connectivity index (χ2v) is 11.7. The third-order valence-corrected chi connectivity index (χ3v) is 5.50. The number of carboxylic acids is 1. The van der Waals surface area contributed by atoms with Crippen LogP contribution in [0.15, 0.2) is 12.3 Å². The molecule has 0 aromatic carbocycles. The lowest BCUT2D eigenvalue weighted by Crippen LogP contribution is -2.33. The molecule has 6 nitrogen and oxygen atoms in total. The minimum absolute atomic E-state index is 0.0348. The zero-order valence-corrected chi connectivity index (χ0v) is 26.0. The molecule has 1 fully saturated rings. The fourth-order valence-corrected chi connectivity index (χ4v) is 2.80. The number of hydrogen-bond donors (Lipinski definition) is 2. The van der Waals surface area contributed by atoms with E-state index in [0.29, 0.717) is 55.7 Å². The van der Waals surface area contributed by atoms with Crippen molar-refractivity contribution < 1.29 is 24.1 Å². The van der Waals surface area contributed by atoms with E-state index in [0.717, 1.165) is 25.1 Å². The zero-order chi connectivity index (χ0) is 28.7. The molecule has 218 valence electrons. The van der Waals surface area contributed by atoms with Gasteiger partial charge in [0.05, 0.1) is 38.4 Å². The first-order chi connectivity index (χ1) is 16.6. The van der Waals surface area contributed by atoms with Crippen LogP contribution in [-0.4, -0.2) is 57.3 Å². The molecule has 36 heavy (non-hydrogen) atoms. The zero-order valence-electron chi connectivity index (χ0n) is 26.0. The second kappa shape index (κ2) is 24.2. The van der Waals surface area contributed by atoms with E-state index in [9.17, 15) is 4.79 Å². The number of methoxy groups -OCH3 is 1. The summed E-state index contributed by atoms with van der Waals surface area (Å²) >= 11 is 0. The maximum absolute atomic E-state index is 10.3. The molecule has 0 radical (unpaired) electrons. The monoisotopic (exact) mass is 517 g/mol. The average molecular weight is 518 g/mol. The molecule has 0 spiro atoms. The van der Waals surface area contributed by atoms with Crippen LogP contribution in [0.1, 0.15) is 102 Å². The van der Waals surface area contributed by atoms with Crippen LogP contribution in [0, 0.1) is 29.1 Å². The Morgan fingerprint density at radius 3 is 1.86 bits per heavy atom. The standard InChI is InChI=1S/C11H23N.C8H18O3.C8H14O2.C3H8/c1-9(2)10(3)12-8-7-11(4,5)6;1-8(2)11-7-6-10-5-4-9-3;1-5(2)6-3-7(4-6)8(9)10;1-3-2/h9,12H,3,7-8H2,1-2,4-6H3;8H,4-7H2,1-3H3;5-7H,3-4H2,1-2H3,(H,9,10);3H2,1-2H3. The van der Waals surface area contributed by atoms with E-state index in [2.05, 4.69) is 74.2 Å². The number of ether oxygens (including phenoxy) is 3. The summed E-state index contributed by atoms with van der Waals surface area (Å²) < 4.78 is 15.2. The quantitative estimate of drug-likeness (QED) is 0.247. The first kappa shape index (κ1) is 39.4. The number of nitrogens with one attached hydrogen (secondary N) is 1. The van der Waals surface area contributed by atoms with Gasteiger partial charge in [0, 0.05) is 19.4 Å². The molecule has 0 heterocycles. The van der Waals surface area contributed by atoms with Gasteiger partial charge in [-0.2, -0.15) is 0 Å². The molecule has 1 saturated carbocycles. The van der Waals surface area contributed by atoms with Crippen molar-refractivity contribution >= 4 is 5.97 Å². The number of aliphatic carboxylic acids is 1. The summed E-state index contributed by atoms with van der Waals surface area (Å²) in [6, 6.07) is 0. The van der Waals surface area contributed by atoms with Crippen LogP contribution < -0.4 is 5.32 Å². The minimum atomic E-state index is -0.614. The predicted molar refractivity (Wildman–Crippen MR) is 154 cm³/mol. The highest BCUT2D eigenvalue weighted by molar-refractivity contribution is 5.71. The third kappa shape index (κ3) is 29.1. The number of allylic oxidation sites excluding steroid dienone is 1. The maximum atomic E-state index is 10.3. The van der Waals surface area contributed by atoms with E-state index in [-0.39, 0.29) is 5.92 Å². The van der Waals surface area contributed by atoms with Gasteiger partial charge in [-0.25, -0.2) is 0 Å². The van der Waals surface area contributed by atoms with Crippen molar-refractivity contribution in [2.75, 3.05) is 40.1 Å². The Bertz CT molecular complexity index is 506. The van der Waals surface area contributed by atoms with Crippen LogP contribution in [-0.2, 0) is 19.0 Å². The average Bonchev–Trinajstić information content (AvgIpc) is 2.69. The summed E-state index contributed by atoms with van der Waals surface area (Å²) in [5.74, 6) is 1.23. The first-order valence-electron chi connectivity index (χ1n) is 14.0. The summed E-state index contributed by atoms with van der Waals surface area (Å²) in [4.78, 5) is 10.3. The highest BCUT2D eigenvalue weighted by Crippen LogP contribution is 2.38. The van der Waals surface area contributed by atoms with Gasteiger partial charge in [-0.05, 0) is 56.3 Å². The summed E-state index contributed by atoms with van der Waals surface area (Å²) in [5, 5.41) is 11.9. The van der Waals surface area contributed by atoms with Gasteiger partial charge in [0.15, 0.2) is 0 Å². The molecule has 0 bridgehead atoms. The lowest BCUT2D eigenvalue weighted by atomic mass is 9.70. The Morgan fingerprint density at radius 2 is 1.50 bits per heavy atom. The van der Waals surface area contributed by atoms with E-state index in [1.807, 2.05) is 13.8 Å². The molecule has 0 saturated heterocycles. The minimum Gasteiger partial charge on any atom is -0.481 e. The van der Waals surface area contributed by atoms with Gasteiger partial charge in [-0.15, -0.1) is 0 Å². The summed E-state index contributed by atoms with van der Waals surface area (Å²) in [7, 11) is 1.66. The molecule has 6 heteroatoms. The van der Waals surface area contributed by atoms with E-state index in [1.165, 1.54) is 12.8 Å². The van der Waals surface area contributed by atoms with Crippen LogP contribution in [0.2, 0.25) is 0 Å². The summed E-state index contributed by atoms with van der Waals surface area (Å²) in [6.45, 7) is 31.3. The Hall–Kier alpha value is -1.11. The lowest BCUT2D eigenvalue weighted by Gasteiger charge is -2.35. The number of hydrogen-bond acceptors (Lipinski definition) is 5. The molecule has 1 aliphatic rings. The van der Waals surface area contributed by atoms with Crippen molar-refractivity contribution in [3.63, 3.8) is 0 Å². The van der Waals surface area contributed by atoms with Gasteiger partial charge in [0.25, 0.3) is 0 Å². The van der Waals surface area contributed by atoms with Gasteiger partial charge < -0.3 is 24.6 Å². The van der Waals surface area contributed by atoms with E-state index in [1.54, 1.807) is 7.11 Å². The van der Waals surface area contributed by atoms with Crippen LogP contribution in [0.4, 0.5) is 0 Å². The van der Waals surface area contributed by atoms with Gasteiger partial charge >= 0.3 is 5.97 Å². The fourth-order valence-electron chi connectivity index (χ4n) is 2.80. The van der Waals surface area contributed by atoms with E-state index < -0.39 is 5.97 Å². The summed E-state index contributed by atoms with van der Waals surface area (Å²) in [6.07, 6.45) is 4.53. The van der Waals surface area contributed by atoms with Gasteiger partial charge in [0.1, 0.15) is 0 Å². The molecule has 0 amide bonds. The SMILES string of the molecule is C=C(NCCC(C)(C)C)C(C)C.CC(C)C1CC(C(=O)O)C1.CCC.COCCOCCOC(C)C. The Balaban J connectivity index is -0.000000430. The van der Waals surface area contributed by atoms with Crippen LogP contribution in [0.5, 0.6) is 0 Å². The predicted octanol–water partition coefficient (Wildman–Crippen LogP) is 7.43. The number of carbonyl (C=O) groups is 1. The van der Waals surface area contributed by atoms with Gasteiger partial charge in [-0.3, -0.25) is 4.79 Å². The van der Waals surface area contributed by atoms with Crippen LogP contribution in [0.3, 0.4) is 0 Å². The molecule has 0 unspecified atom stereocenters. The van der Waals surface area contributed by atoms with Crippen molar-refractivity contribution in [2.45, 2.75) is 108 Å². The highest BCUT2D eigenvalue weighted by atomic mass is 16.5. The molecule has 0 aliphatic heterocycles. The molecule has 1 aliphatic carbocycles. The normalized spacial score (nSPS) is 16.6. The molecule has 0 aromatic rings. The lowest BCUT2D eigenvalue weighted by molar-refractivity contribution is -0.147. The molecule has 1 rings (SSSR count). The topological polar surface area (TPSA) is 77.0 Å². The fraction of sp³-hybridized carbons (Fsp3) is 0.900. The van der Waals surface area contributed by atoms with Crippen molar-refractivity contribution in [3.05, 3.63) is 12.3 Å². The number of rotatable bonds is 13. The molecule has 0 aromatic heterocycles. The highest BCUT2D eigenvalue weighted by Gasteiger charge is 2.35. The van der Waals surface area contributed by atoms with Crippen LogP contribution in [0.25, 0.3) is 0 Å². The molecule has 2 N–H and O–H groups in total. The van der Waals surface area contributed by atoms with Crippen molar-refractivity contribution in [1.29, 1.82) is 0 Å². The maximum Gasteiger partial charge on any atom is 0.306 e. The van der Waals surface area contributed by atoms with Crippen molar-refractivity contribution in [1.82, 2.24) is 5.32 Å². The van der Waals surface area contributed by atoms with E-state index >= 15 is 0 Å². The van der Waals surface area contributed by atoms with Crippen molar-refractivity contribution in [2.24, 2.45) is 29.1 Å². The van der Waals surface area contributed by atoms with Crippen molar-refractivity contribution in [3.8, 4) is 0 Å². The molecular weight excluding hydrogens is 454 g/mol. The molecular formula is C30H63NO5. The summed E-state index contributed by atoms with van der Waals surface area (Å²) in [5.41, 5.74) is 1.57. The van der Waals surface area contributed by atoms with Crippen LogP contribution >= 0.6 is 0 Å².